The monoisotopic (exact) mass is 241 g/mol. The smallest absolute Gasteiger partial charge is 0.312 e. The number of urea groups is 1. The van der Waals surface area contributed by atoms with Gasteiger partial charge >= 0.3 is 6.03 Å². The number of amides is 2. The number of nitrogens with one attached hydrogen (secondary N) is 1. The third-order valence-electron chi connectivity index (χ3n) is 2.21. The summed E-state index contributed by atoms with van der Waals surface area (Å²) in [5.41, 5.74) is 13.1. The molecule has 0 aliphatic rings. The number of primary amides is 1. The molecule has 0 rings (SSSR count). The van der Waals surface area contributed by atoms with E-state index in [1.54, 1.807) is 0 Å². The zero-order valence-electron chi connectivity index (χ0n) is 9.71. The minimum absolute atomic E-state index is 0.0680. The van der Waals surface area contributed by atoms with E-state index in [0.717, 1.165) is 0 Å². The Morgan fingerprint density at radius 3 is 2.24 bits per heavy atom. The first-order chi connectivity index (χ1) is 7.90. The van der Waals surface area contributed by atoms with Crippen LogP contribution in [0, 0.1) is 5.92 Å². The van der Waals surface area contributed by atoms with Crippen molar-refractivity contribution in [1.82, 2.24) is 5.32 Å². The Kier molecular flexibility index (Phi) is 6.35. The maximum absolute atomic E-state index is 11.3. The van der Waals surface area contributed by atoms with Crippen molar-refractivity contribution in [2.45, 2.75) is 26.3 Å². The average molecular weight is 241 g/mol. The van der Waals surface area contributed by atoms with Crippen LogP contribution in [0.5, 0.6) is 0 Å². The van der Waals surface area contributed by atoms with Gasteiger partial charge in [-0.1, -0.05) is 5.11 Å². The minimum Gasteiger partial charge on any atom is -0.352 e. The zero-order valence-corrected chi connectivity index (χ0v) is 9.71. The number of rotatable bonds is 7. The van der Waals surface area contributed by atoms with Crippen LogP contribution in [0.15, 0.2) is 5.11 Å². The predicted molar refractivity (Wildman–Crippen MR) is 60.0 cm³/mol. The summed E-state index contributed by atoms with van der Waals surface area (Å²) in [4.78, 5) is 36.0. The Morgan fingerprint density at radius 2 is 1.88 bits per heavy atom. The van der Waals surface area contributed by atoms with E-state index in [2.05, 4.69) is 15.3 Å². The second-order valence-electron chi connectivity index (χ2n) is 3.56. The molecule has 1 unspecified atom stereocenters. The van der Waals surface area contributed by atoms with Gasteiger partial charge in [0.05, 0.1) is 5.92 Å². The van der Waals surface area contributed by atoms with Crippen molar-refractivity contribution in [2.24, 2.45) is 16.8 Å². The van der Waals surface area contributed by atoms with Crippen molar-refractivity contribution < 1.29 is 14.4 Å². The fourth-order valence-corrected chi connectivity index (χ4v) is 1.60. The Bertz CT molecular complexity index is 348. The number of ketones is 2. The summed E-state index contributed by atoms with van der Waals surface area (Å²) in [6, 6.07) is -1.57. The summed E-state index contributed by atoms with van der Waals surface area (Å²) < 4.78 is 0. The normalized spacial score (nSPS) is 11.5. The topological polar surface area (TPSA) is 138 Å². The van der Waals surface area contributed by atoms with Crippen LogP contribution >= 0.6 is 0 Å². The van der Waals surface area contributed by atoms with Gasteiger partial charge in [0, 0.05) is 17.5 Å². The Labute approximate surface area is 98.2 Å². The van der Waals surface area contributed by atoms with Crippen molar-refractivity contribution in [1.29, 1.82) is 0 Å². The SMILES string of the molecule is CC(=O)C(C(C)=O)C(CCN=[N+]=[N-])NC(N)=O. The van der Waals surface area contributed by atoms with Gasteiger partial charge in [0.2, 0.25) is 0 Å². The highest BCUT2D eigenvalue weighted by atomic mass is 16.2. The van der Waals surface area contributed by atoms with Gasteiger partial charge in [0.25, 0.3) is 0 Å². The Morgan fingerprint density at radius 1 is 1.35 bits per heavy atom. The molecule has 0 bridgehead atoms. The summed E-state index contributed by atoms with van der Waals surface area (Å²) in [6.07, 6.45) is 0.177. The van der Waals surface area contributed by atoms with Crippen molar-refractivity contribution in [3.63, 3.8) is 0 Å². The quantitative estimate of drug-likeness (QED) is 0.290. The molecule has 0 aliphatic carbocycles. The van der Waals surface area contributed by atoms with Crippen LogP contribution in [0.25, 0.3) is 10.4 Å². The van der Waals surface area contributed by atoms with Gasteiger partial charge in [-0.15, -0.1) is 0 Å². The first-order valence-corrected chi connectivity index (χ1v) is 4.97. The first kappa shape index (κ1) is 14.9. The lowest BCUT2D eigenvalue weighted by atomic mass is 9.90. The zero-order chi connectivity index (χ0) is 13.4. The van der Waals surface area contributed by atoms with Crippen molar-refractivity contribution >= 4 is 17.6 Å². The summed E-state index contributed by atoms with van der Waals surface area (Å²) >= 11 is 0. The molecule has 0 aliphatic heterocycles. The lowest BCUT2D eigenvalue weighted by Crippen LogP contribution is -2.48. The van der Waals surface area contributed by atoms with Crippen LogP contribution < -0.4 is 11.1 Å². The van der Waals surface area contributed by atoms with Crippen molar-refractivity contribution in [3.8, 4) is 0 Å². The molecule has 0 aromatic rings. The van der Waals surface area contributed by atoms with E-state index < -0.39 is 18.0 Å². The summed E-state index contributed by atoms with van der Waals surface area (Å²) in [5.74, 6) is -1.69. The van der Waals surface area contributed by atoms with Crippen LogP contribution in [0.2, 0.25) is 0 Å². The molecular weight excluding hydrogens is 226 g/mol. The number of nitrogens with two attached hydrogens (primary N) is 1. The highest BCUT2D eigenvalue weighted by Gasteiger charge is 2.29. The number of hydrogen-bond acceptors (Lipinski definition) is 4. The number of Topliss-reactive ketones (excluding diaryl/α,β-unsaturated/α-hetero) is 2. The van der Waals surface area contributed by atoms with Gasteiger partial charge in [-0.3, -0.25) is 9.59 Å². The number of nitrogens with zero attached hydrogens (tertiary/aromatic N) is 3. The Balaban J connectivity index is 4.84. The van der Waals surface area contributed by atoms with Crippen LogP contribution in [0.3, 0.4) is 0 Å². The third kappa shape index (κ3) is 5.53. The molecule has 0 heterocycles. The lowest BCUT2D eigenvalue weighted by molar-refractivity contribution is -0.131. The third-order valence-corrected chi connectivity index (χ3v) is 2.21. The largest absolute Gasteiger partial charge is 0.352 e. The minimum atomic E-state index is -0.962. The van der Waals surface area contributed by atoms with Gasteiger partial charge in [-0.2, -0.15) is 0 Å². The van der Waals surface area contributed by atoms with Crippen molar-refractivity contribution in [2.75, 3.05) is 6.54 Å². The predicted octanol–water partition coefficient (Wildman–Crippen LogP) is 0.518. The molecular formula is C9H15N5O3. The van der Waals surface area contributed by atoms with Crippen molar-refractivity contribution in [3.05, 3.63) is 10.4 Å². The molecule has 17 heavy (non-hydrogen) atoms. The highest BCUT2D eigenvalue weighted by Crippen LogP contribution is 2.11. The molecule has 1 atom stereocenters. The van der Waals surface area contributed by atoms with Gasteiger partial charge in [-0.05, 0) is 25.8 Å². The van der Waals surface area contributed by atoms with E-state index in [9.17, 15) is 14.4 Å². The lowest BCUT2D eigenvalue weighted by Gasteiger charge is -2.22. The van der Waals surface area contributed by atoms with Crippen LogP contribution in [-0.4, -0.2) is 30.2 Å². The van der Waals surface area contributed by atoms with E-state index in [1.807, 2.05) is 0 Å². The van der Waals surface area contributed by atoms with E-state index >= 15 is 0 Å². The maximum atomic E-state index is 11.3. The van der Waals surface area contributed by atoms with E-state index in [0.29, 0.717) is 0 Å². The molecule has 0 saturated carbocycles. The molecule has 94 valence electrons. The van der Waals surface area contributed by atoms with E-state index in [-0.39, 0.29) is 24.5 Å². The summed E-state index contributed by atoms with van der Waals surface area (Å²) in [6.45, 7) is 2.59. The van der Waals surface area contributed by atoms with Crippen LogP contribution in [0.4, 0.5) is 4.79 Å². The number of carbonyl (C=O) groups excluding carboxylic acids is 3. The number of azide groups is 1. The average Bonchev–Trinajstić information content (AvgIpc) is 2.15. The maximum Gasteiger partial charge on any atom is 0.312 e. The molecule has 0 fully saturated rings. The van der Waals surface area contributed by atoms with Gasteiger partial charge in [-0.25, -0.2) is 4.79 Å². The molecule has 8 nitrogen and oxygen atoms in total. The van der Waals surface area contributed by atoms with Gasteiger partial charge < -0.3 is 11.1 Å². The molecule has 8 heteroatoms. The fourth-order valence-electron chi connectivity index (χ4n) is 1.60. The molecule has 0 radical (unpaired) electrons. The van der Waals surface area contributed by atoms with Gasteiger partial charge in [0.1, 0.15) is 11.6 Å². The molecule has 2 amide bonds. The van der Waals surface area contributed by atoms with E-state index in [4.69, 9.17) is 11.3 Å². The molecule has 3 N–H and O–H groups in total. The highest BCUT2D eigenvalue weighted by molar-refractivity contribution is 6.01. The second-order valence-corrected chi connectivity index (χ2v) is 3.56. The van der Waals surface area contributed by atoms with Crippen LogP contribution in [-0.2, 0) is 9.59 Å². The van der Waals surface area contributed by atoms with E-state index in [1.165, 1.54) is 13.8 Å². The molecule has 0 saturated heterocycles. The summed E-state index contributed by atoms with van der Waals surface area (Å²) in [7, 11) is 0. The first-order valence-electron chi connectivity index (χ1n) is 4.97. The fraction of sp³-hybridized carbons (Fsp3) is 0.667. The van der Waals surface area contributed by atoms with Crippen LogP contribution in [0.1, 0.15) is 20.3 Å². The molecule has 0 spiro atoms. The molecule has 0 aromatic heterocycles. The molecule has 0 aromatic carbocycles. The standard InChI is InChI=1S/C9H15N5O3/c1-5(15)8(6(2)16)7(13-9(10)17)3-4-12-14-11/h7-8H,3-4H2,1-2H3,(H3,10,13,17). The second kappa shape index (κ2) is 7.24. The Hall–Kier alpha value is -2.08. The number of carbonyl (C=O) groups is 3. The van der Waals surface area contributed by atoms with Gasteiger partial charge in [0.15, 0.2) is 0 Å². The summed E-state index contributed by atoms with van der Waals surface area (Å²) in [5, 5.41) is 5.60. The number of hydrogen-bond donors (Lipinski definition) is 2.